The summed E-state index contributed by atoms with van der Waals surface area (Å²) in [6.45, 7) is 13.6. The summed E-state index contributed by atoms with van der Waals surface area (Å²) in [5.74, 6) is 2.35. The number of aryl methyl sites for hydroxylation is 3. The van der Waals surface area contributed by atoms with Crippen LogP contribution in [0.2, 0.25) is 13.1 Å². The van der Waals surface area contributed by atoms with Crippen LogP contribution in [0.4, 0.5) is 0 Å². The second-order valence-corrected chi connectivity index (χ2v) is 15.7. The minimum Gasteiger partial charge on any atom is -1.00 e. The molecule has 0 fully saturated rings. The molecule has 5 heteroatoms. The van der Waals surface area contributed by atoms with Crippen LogP contribution in [0.25, 0.3) is 27.1 Å². The maximum absolute atomic E-state index is 5.78. The zero-order valence-corrected chi connectivity index (χ0v) is 28.5. The number of rotatable bonds is 6. The normalized spacial score (nSPS) is 15.9. The third kappa shape index (κ3) is 6.07. The minimum atomic E-state index is -1.10. The van der Waals surface area contributed by atoms with E-state index in [0.717, 1.165) is 5.76 Å². The van der Waals surface area contributed by atoms with E-state index in [2.05, 4.69) is 94.5 Å². The first-order valence-corrected chi connectivity index (χ1v) is 16.5. The Morgan fingerprint density at radius 3 is 2.21 bits per heavy atom. The number of allylic oxidation sites excluding steroid dienone is 1. The smallest absolute Gasteiger partial charge is 1.00 e. The van der Waals surface area contributed by atoms with E-state index in [4.69, 9.17) is 4.42 Å². The van der Waals surface area contributed by atoms with Gasteiger partial charge in [0.2, 0.25) is 0 Å². The van der Waals surface area contributed by atoms with E-state index in [1.807, 2.05) is 6.92 Å². The average molecular weight is 642 g/mol. The van der Waals surface area contributed by atoms with Crippen LogP contribution in [-0.4, -0.2) is 8.07 Å². The predicted octanol–water partition coefficient (Wildman–Crippen LogP) is 3.92. The summed E-state index contributed by atoms with van der Waals surface area (Å²) in [6, 6.07) is 22.5. The van der Waals surface area contributed by atoms with Gasteiger partial charge >= 0.3 is 26.2 Å². The second kappa shape index (κ2) is 13.4. The molecule has 1 aliphatic carbocycles. The predicted molar refractivity (Wildman–Crippen MR) is 154 cm³/mol. The van der Waals surface area contributed by atoms with Gasteiger partial charge in [-0.25, -0.2) is 0 Å². The zero-order valence-electron chi connectivity index (χ0n) is 23.6. The van der Waals surface area contributed by atoms with Crippen LogP contribution in [0.15, 0.2) is 70.7 Å². The van der Waals surface area contributed by atoms with Gasteiger partial charge in [0, 0.05) is 11.1 Å². The molecule has 2 bridgehead atoms. The first-order valence-electron chi connectivity index (χ1n) is 13.4. The topological polar surface area (TPSA) is 13.1 Å². The van der Waals surface area contributed by atoms with Gasteiger partial charge in [0.1, 0.15) is 11.5 Å². The van der Waals surface area contributed by atoms with Crippen molar-refractivity contribution < 1.29 is 55.4 Å². The van der Waals surface area contributed by atoms with Gasteiger partial charge in [-0.2, -0.15) is 6.07 Å². The number of benzene rings is 2. The molecule has 0 saturated carbocycles. The molecule has 38 heavy (non-hydrogen) atoms. The Balaban J connectivity index is 0.000000273. The number of halogens is 2. The minimum absolute atomic E-state index is 0. The number of unbranched alkanes of at least 4 members (excludes halogenated alkanes) is 3. The van der Waals surface area contributed by atoms with Crippen LogP contribution >= 0.6 is 0 Å². The summed E-state index contributed by atoms with van der Waals surface area (Å²) in [7, 11) is -1.10. The summed E-state index contributed by atoms with van der Waals surface area (Å²) in [4.78, 5) is 0. The van der Waals surface area contributed by atoms with E-state index in [1.165, 1.54) is 76.5 Å². The molecule has 199 valence electrons. The van der Waals surface area contributed by atoms with Crippen LogP contribution < -0.4 is 24.8 Å². The Labute approximate surface area is 261 Å². The monoisotopic (exact) mass is 639 g/mol. The Morgan fingerprint density at radius 1 is 0.868 bits per heavy atom. The summed E-state index contributed by atoms with van der Waals surface area (Å²) in [6.07, 6.45) is 6.54. The third-order valence-electron chi connectivity index (χ3n) is 8.09. The molecular formula is C33H39Cl2OSiZr. The molecule has 1 unspecified atom stereocenters. The standard InChI is InChI=1S/C22H25.C11H14OSi.2ClH.Zr/c1-3-4-5-6-8-18-11-13-19(14-12-18)21-10-7-9-20-15-17(2)16-22(20)21;1-6-5-8-9(12-6)11-7(2)10(8)13(11,3)4;;;/h7,9-16H,3-6,8H2,1-2H3;5,11H,1-4H3;2*1H;/q-1;;;;+3/p-2. The SMILES string of the molecule is CC1=C2c3cc(C)oc3C1[Si]2(C)C.CCCCCCc1ccc(-c2cccc3[cH-]c(C)cc23)cc1.[Cl-].[Cl-].[Zr+3]. The van der Waals surface area contributed by atoms with Crippen LogP contribution in [0.1, 0.15) is 73.3 Å². The van der Waals surface area contributed by atoms with E-state index < -0.39 is 8.07 Å². The van der Waals surface area contributed by atoms with Crippen molar-refractivity contribution in [2.75, 3.05) is 0 Å². The summed E-state index contributed by atoms with van der Waals surface area (Å²) in [5.41, 5.74) is 9.21. The van der Waals surface area contributed by atoms with Crippen molar-refractivity contribution in [1.29, 1.82) is 0 Å². The fourth-order valence-corrected chi connectivity index (χ4v) is 10.7. The van der Waals surface area contributed by atoms with Gasteiger partial charge in [-0.1, -0.05) is 87.7 Å². The second-order valence-electron chi connectivity index (χ2n) is 11.2. The molecule has 0 spiro atoms. The van der Waals surface area contributed by atoms with Crippen LogP contribution in [0.3, 0.4) is 0 Å². The van der Waals surface area contributed by atoms with Crippen LogP contribution in [0.5, 0.6) is 0 Å². The number of hydrogen-bond acceptors (Lipinski definition) is 1. The quantitative estimate of drug-likeness (QED) is 0.177. The first kappa shape index (κ1) is 33.0. The Hall–Kier alpha value is -1.25. The molecule has 1 aromatic heterocycles. The van der Waals surface area contributed by atoms with E-state index in [-0.39, 0.29) is 51.0 Å². The van der Waals surface area contributed by atoms with E-state index in [1.54, 1.807) is 10.8 Å². The first-order chi connectivity index (χ1) is 16.8. The molecular weight excluding hydrogens is 603 g/mol. The molecule has 3 aliphatic rings. The van der Waals surface area contributed by atoms with Crippen molar-refractivity contribution in [2.45, 2.75) is 78.4 Å². The summed E-state index contributed by atoms with van der Waals surface area (Å²) >= 11 is 0. The molecule has 0 saturated heterocycles. The van der Waals surface area contributed by atoms with Gasteiger partial charge in [-0.15, -0.1) is 34.5 Å². The third-order valence-corrected chi connectivity index (χ3v) is 12.2. The fourth-order valence-electron chi connectivity index (χ4n) is 6.53. The van der Waals surface area contributed by atoms with Crippen molar-refractivity contribution in [3.8, 4) is 11.1 Å². The Kier molecular flexibility index (Phi) is 11.6. The number of furan rings is 1. The molecule has 1 radical (unpaired) electrons. The molecule has 1 atom stereocenters. The molecule has 7 rings (SSSR count). The van der Waals surface area contributed by atoms with Crippen molar-refractivity contribution in [1.82, 2.24) is 0 Å². The molecule has 0 amide bonds. The average Bonchev–Trinajstić information content (AvgIpc) is 3.51. The largest absolute Gasteiger partial charge is 3.00 e. The van der Waals surface area contributed by atoms with Gasteiger partial charge in [0.25, 0.3) is 0 Å². The van der Waals surface area contributed by atoms with Gasteiger partial charge < -0.3 is 29.2 Å². The van der Waals surface area contributed by atoms with Gasteiger partial charge in [-0.3, -0.25) is 0 Å². The van der Waals surface area contributed by atoms with Crippen LogP contribution in [0, 0.1) is 13.8 Å². The van der Waals surface area contributed by atoms with Crippen molar-refractivity contribution in [3.05, 3.63) is 94.4 Å². The van der Waals surface area contributed by atoms with E-state index >= 15 is 0 Å². The summed E-state index contributed by atoms with van der Waals surface area (Å²) < 4.78 is 5.78. The number of fused-ring (bicyclic) bond motifs is 1. The maximum atomic E-state index is 5.78. The molecule has 1 nitrogen and oxygen atoms in total. The van der Waals surface area contributed by atoms with Crippen molar-refractivity contribution >= 4 is 24.0 Å². The molecule has 3 aromatic carbocycles. The van der Waals surface area contributed by atoms with E-state index in [9.17, 15) is 0 Å². The van der Waals surface area contributed by atoms with E-state index in [0.29, 0.717) is 5.54 Å². The Morgan fingerprint density at radius 2 is 1.58 bits per heavy atom. The van der Waals surface area contributed by atoms with Crippen molar-refractivity contribution in [2.24, 2.45) is 0 Å². The zero-order chi connectivity index (χ0) is 24.7. The van der Waals surface area contributed by atoms with Gasteiger partial charge in [-0.05, 0) is 49.1 Å². The molecule has 2 aliphatic heterocycles. The number of hydrogen-bond donors (Lipinski definition) is 0. The molecule has 4 aromatic rings. The van der Waals surface area contributed by atoms with Crippen LogP contribution in [-0.2, 0) is 32.6 Å². The van der Waals surface area contributed by atoms with Crippen molar-refractivity contribution in [3.63, 3.8) is 0 Å². The van der Waals surface area contributed by atoms with Gasteiger partial charge in [0.15, 0.2) is 0 Å². The molecule has 3 heterocycles. The maximum Gasteiger partial charge on any atom is 3.00 e. The Bertz CT molecular complexity index is 1390. The fraction of sp³-hybridized carbons (Fsp3) is 0.364. The summed E-state index contributed by atoms with van der Waals surface area (Å²) in [5, 5.41) is 4.39. The van der Waals surface area contributed by atoms with Gasteiger partial charge in [0.05, 0.1) is 8.07 Å². The molecule has 0 N–H and O–H groups in total.